The van der Waals surface area contributed by atoms with E-state index in [0.717, 1.165) is 5.56 Å². The van der Waals surface area contributed by atoms with Gasteiger partial charge in [-0.1, -0.05) is 45.0 Å². The van der Waals surface area contributed by atoms with Crippen molar-refractivity contribution in [2.75, 3.05) is 6.54 Å². The molecule has 1 aliphatic heterocycles. The Kier molecular flexibility index (Phi) is 4.42. The van der Waals surface area contributed by atoms with Crippen molar-refractivity contribution < 1.29 is 9.59 Å². The van der Waals surface area contributed by atoms with E-state index < -0.39 is 0 Å². The fourth-order valence-electron chi connectivity index (χ4n) is 2.41. The van der Waals surface area contributed by atoms with Gasteiger partial charge in [-0.25, -0.2) is 0 Å². The maximum Gasteiger partial charge on any atom is 0.245 e. The number of rotatable bonds is 4. The third-order valence-corrected chi connectivity index (χ3v) is 3.71. The zero-order valence-corrected chi connectivity index (χ0v) is 12.3. The summed E-state index contributed by atoms with van der Waals surface area (Å²) in [6.07, 6.45) is 0.632. The van der Waals surface area contributed by atoms with Crippen molar-refractivity contribution in [2.24, 2.45) is 0 Å². The second-order valence-electron chi connectivity index (χ2n) is 5.62. The van der Waals surface area contributed by atoms with E-state index in [0.29, 0.717) is 18.9 Å². The van der Waals surface area contributed by atoms with Crippen LogP contribution >= 0.6 is 0 Å². The van der Waals surface area contributed by atoms with Gasteiger partial charge in [-0.05, 0) is 23.5 Å². The average molecular weight is 274 g/mol. The molecule has 1 fully saturated rings. The molecule has 4 nitrogen and oxygen atoms in total. The van der Waals surface area contributed by atoms with Gasteiger partial charge in [0.05, 0.1) is 6.54 Å². The molecule has 4 heteroatoms. The zero-order valence-electron chi connectivity index (χ0n) is 12.3. The number of nitrogens with one attached hydrogen (secondary N) is 1. The van der Waals surface area contributed by atoms with Gasteiger partial charge in [-0.2, -0.15) is 0 Å². The zero-order chi connectivity index (χ0) is 14.7. The smallest absolute Gasteiger partial charge is 0.245 e. The number of benzene rings is 1. The maximum atomic E-state index is 12.2. The van der Waals surface area contributed by atoms with Gasteiger partial charge in [0.2, 0.25) is 11.8 Å². The minimum atomic E-state index is -0.369. The first kappa shape index (κ1) is 14.6. The highest BCUT2D eigenvalue weighted by Crippen LogP contribution is 2.16. The van der Waals surface area contributed by atoms with Crippen LogP contribution in [-0.2, 0) is 16.1 Å². The number of carbonyl (C=O) groups excluding carboxylic acids is 2. The van der Waals surface area contributed by atoms with Gasteiger partial charge in [-0.3, -0.25) is 9.59 Å². The molecule has 0 bridgehead atoms. The summed E-state index contributed by atoms with van der Waals surface area (Å²) >= 11 is 0. The predicted molar refractivity (Wildman–Crippen MR) is 78.2 cm³/mol. The first-order valence-electron chi connectivity index (χ1n) is 7.18. The van der Waals surface area contributed by atoms with E-state index in [9.17, 15) is 9.59 Å². The number of amides is 2. The van der Waals surface area contributed by atoms with Gasteiger partial charge in [-0.15, -0.1) is 0 Å². The van der Waals surface area contributed by atoms with Crippen LogP contribution in [0, 0.1) is 0 Å². The van der Waals surface area contributed by atoms with E-state index in [2.05, 4.69) is 31.3 Å². The maximum absolute atomic E-state index is 12.2. The standard InChI is InChI=1S/C16H22N2O2/c1-4-14-16(20)18(10-15(19)17-14)9-12-5-7-13(8-6-12)11(2)3/h5-8,11,14H,4,9-10H2,1-3H3,(H,17,19). The summed E-state index contributed by atoms with van der Waals surface area (Å²) in [5.74, 6) is 0.436. The number of piperazine rings is 1. The van der Waals surface area contributed by atoms with Gasteiger partial charge >= 0.3 is 0 Å². The molecule has 20 heavy (non-hydrogen) atoms. The molecule has 0 saturated carbocycles. The van der Waals surface area contributed by atoms with Crippen LogP contribution in [0.5, 0.6) is 0 Å². The number of nitrogens with zero attached hydrogens (tertiary/aromatic N) is 1. The van der Waals surface area contributed by atoms with Crippen molar-refractivity contribution >= 4 is 11.8 Å². The lowest BCUT2D eigenvalue weighted by molar-refractivity contribution is -0.144. The Morgan fingerprint density at radius 3 is 2.45 bits per heavy atom. The normalized spacial score (nSPS) is 19.4. The molecule has 1 atom stereocenters. The lowest BCUT2D eigenvalue weighted by Gasteiger charge is -2.32. The topological polar surface area (TPSA) is 49.4 Å². The molecule has 108 valence electrons. The average Bonchev–Trinajstić information content (AvgIpc) is 2.43. The molecular formula is C16H22N2O2. The van der Waals surface area contributed by atoms with Crippen LogP contribution in [0.3, 0.4) is 0 Å². The van der Waals surface area contributed by atoms with E-state index in [-0.39, 0.29) is 24.4 Å². The molecule has 1 heterocycles. The number of carbonyl (C=O) groups is 2. The van der Waals surface area contributed by atoms with Crippen molar-refractivity contribution in [2.45, 2.75) is 45.7 Å². The molecule has 0 aromatic heterocycles. The van der Waals surface area contributed by atoms with Crippen LogP contribution in [0.1, 0.15) is 44.2 Å². The Balaban J connectivity index is 2.08. The molecular weight excluding hydrogens is 252 g/mol. The molecule has 1 aromatic rings. The van der Waals surface area contributed by atoms with Crippen LogP contribution in [0.15, 0.2) is 24.3 Å². The summed E-state index contributed by atoms with van der Waals surface area (Å²) in [6, 6.07) is 7.88. The van der Waals surface area contributed by atoms with Crippen molar-refractivity contribution in [3.8, 4) is 0 Å². The van der Waals surface area contributed by atoms with Crippen molar-refractivity contribution in [1.82, 2.24) is 10.2 Å². The fraction of sp³-hybridized carbons (Fsp3) is 0.500. The predicted octanol–water partition coefficient (Wildman–Crippen LogP) is 2.05. The second kappa shape index (κ2) is 6.07. The highest BCUT2D eigenvalue weighted by molar-refractivity contribution is 5.94. The molecule has 1 aliphatic rings. The molecule has 1 aromatic carbocycles. The Morgan fingerprint density at radius 1 is 1.25 bits per heavy atom. The fourth-order valence-corrected chi connectivity index (χ4v) is 2.41. The Hall–Kier alpha value is -1.84. The van der Waals surface area contributed by atoms with E-state index in [4.69, 9.17) is 0 Å². The molecule has 1 saturated heterocycles. The number of hydrogen-bond acceptors (Lipinski definition) is 2. The van der Waals surface area contributed by atoms with Crippen molar-refractivity contribution in [1.29, 1.82) is 0 Å². The third-order valence-electron chi connectivity index (χ3n) is 3.71. The van der Waals surface area contributed by atoms with E-state index >= 15 is 0 Å². The summed E-state index contributed by atoms with van der Waals surface area (Å²) in [7, 11) is 0. The Bertz CT molecular complexity index is 494. The largest absolute Gasteiger partial charge is 0.343 e. The van der Waals surface area contributed by atoms with Crippen molar-refractivity contribution in [3.63, 3.8) is 0 Å². The molecule has 2 amide bonds. The van der Waals surface area contributed by atoms with E-state index in [1.165, 1.54) is 5.56 Å². The second-order valence-corrected chi connectivity index (χ2v) is 5.62. The van der Waals surface area contributed by atoms with Gasteiger partial charge in [0.25, 0.3) is 0 Å². The molecule has 0 spiro atoms. The minimum absolute atomic E-state index is 0.0139. The van der Waals surface area contributed by atoms with Gasteiger partial charge < -0.3 is 10.2 Å². The Morgan fingerprint density at radius 2 is 1.90 bits per heavy atom. The molecule has 2 rings (SSSR count). The summed E-state index contributed by atoms with van der Waals surface area (Å²) in [5, 5.41) is 2.73. The summed E-state index contributed by atoms with van der Waals surface area (Å²) in [5.41, 5.74) is 2.34. The monoisotopic (exact) mass is 274 g/mol. The van der Waals surface area contributed by atoms with Gasteiger partial charge in [0.1, 0.15) is 6.04 Å². The van der Waals surface area contributed by atoms with Crippen LogP contribution in [-0.4, -0.2) is 29.3 Å². The minimum Gasteiger partial charge on any atom is -0.343 e. The molecule has 1 unspecified atom stereocenters. The first-order valence-corrected chi connectivity index (χ1v) is 7.18. The van der Waals surface area contributed by atoms with Gasteiger partial charge in [0, 0.05) is 6.54 Å². The van der Waals surface area contributed by atoms with Crippen LogP contribution in [0.2, 0.25) is 0 Å². The molecule has 1 N–H and O–H groups in total. The highest BCUT2D eigenvalue weighted by Gasteiger charge is 2.31. The highest BCUT2D eigenvalue weighted by atomic mass is 16.2. The van der Waals surface area contributed by atoms with Crippen LogP contribution < -0.4 is 5.32 Å². The lowest BCUT2D eigenvalue weighted by atomic mass is 10.0. The van der Waals surface area contributed by atoms with E-state index in [1.807, 2.05) is 19.1 Å². The summed E-state index contributed by atoms with van der Waals surface area (Å²) in [6.45, 7) is 6.87. The quantitative estimate of drug-likeness (QED) is 0.913. The lowest BCUT2D eigenvalue weighted by Crippen LogP contribution is -2.57. The van der Waals surface area contributed by atoms with Crippen LogP contribution in [0.25, 0.3) is 0 Å². The third kappa shape index (κ3) is 3.18. The SMILES string of the molecule is CCC1NC(=O)CN(Cc2ccc(C(C)C)cc2)C1=O. The molecule has 0 aliphatic carbocycles. The van der Waals surface area contributed by atoms with E-state index in [1.54, 1.807) is 4.90 Å². The van der Waals surface area contributed by atoms with Crippen molar-refractivity contribution in [3.05, 3.63) is 35.4 Å². The number of hydrogen-bond donors (Lipinski definition) is 1. The van der Waals surface area contributed by atoms with Crippen LogP contribution in [0.4, 0.5) is 0 Å². The molecule has 0 radical (unpaired) electrons. The van der Waals surface area contributed by atoms with Gasteiger partial charge in [0.15, 0.2) is 0 Å². The summed E-state index contributed by atoms with van der Waals surface area (Å²) < 4.78 is 0. The summed E-state index contributed by atoms with van der Waals surface area (Å²) in [4.78, 5) is 25.4. The first-order chi connectivity index (χ1) is 9.51. The Labute approximate surface area is 120 Å².